The van der Waals surface area contributed by atoms with E-state index < -0.39 is 12.0 Å². The average Bonchev–Trinajstić information content (AvgIpc) is 3.04. The van der Waals surface area contributed by atoms with Crippen molar-refractivity contribution in [2.45, 2.75) is 50.3 Å². The van der Waals surface area contributed by atoms with Crippen LogP contribution in [0.15, 0.2) is 0 Å². The van der Waals surface area contributed by atoms with Gasteiger partial charge in [-0.2, -0.15) is 0 Å². The Morgan fingerprint density at radius 3 is 2.63 bits per heavy atom. The van der Waals surface area contributed by atoms with Crippen LogP contribution < -0.4 is 5.32 Å². The van der Waals surface area contributed by atoms with Crippen molar-refractivity contribution in [3.05, 3.63) is 0 Å². The molecule has 0 radical (unpaired) electrons. The van der Waals surface area contributed by atoms with Gasteiger partial charge in [0.05, 0.1) is 12.6 Å². The van der Waals surface area contributed by atoms with E-state index in [1.165, 1.54) is 17.7 Å². The van der Waals surface area contributed by atoms with Crippen LogP contribution >= 0.6 is 0 Å². The number of rotatable bonds is 5. The minimum Gasteiger partial charge on any atom is -0.480 e. The molecule has 1 aliphatic heterocycles. The Morgan fingerprint density at radius 1 is 1.37 bits per heavy atom. The van der Waals surface area contributed by atoms with E-state index in [9.17, 15) is 9.59 Å². The summed E-state index contributed by atoms with van der Waals surface area (Å²) in [6, 6.07) is -0.337. The number of carboxylic acids is 1. The fourth-order valence-electron chi connectivity index (χ4n) is 2.94. The second-order valence-electron chi connectivity index (χ2n) is 5.36. The maximum atomic E-state index is 12.1. The lowest BCUT2D eigenvalue weighted by molar-refractivity contribution is -0.147. The summed E-state index contributed by atoms with van der Waals surface area (Å²) in [6.45, 7) is 0.601. The van der Waals surface area contributed by atoms with Gasteiger partial charge in [0.25, 0.3) is 0 Å². The van der Waals surface area contributed by atoms with E-state index >= 15 is 0 Å². The maximum absolute atomic E-state index is 12.1. The van der Waals surface area contributed by atoms with Gasteiger partial charge in [-0.15, -0.1) is 0 Å². The average molecular weight is 270 g/mol. The molecule has 2 N–H and O–H groups in total. The first-order chi connectivity index (χ1) is 9.11. The zero-order valence-electron chi connectivity index (χ0n) is 11.3. The molecule has 6 heteroatoms. The highest BCUT2D eigenvalue weighted by molar-refractivity contribution is 5.85. The van der Waals surface area contributed by atoms with E-state index in [0.717, 1.165) is 12.8 Å². The lowest BCUT2D eigenvalue weighted by atomic mass is 10.2. The van der Waals surface area contributed by atoms with E-state index in [1.807, 2.05) is 0 Å². The third-order valence-corrected chi connectivity index (χ3v) is 4.10. The smallest absolute Gasteiger partial charge is 0.326 e. The first-order valence-electron chi connectivity index (χ1n) is 6.90. The quantitative estimate of drug-likeness (QED) is 0.747. The molecule has 108 valence electrons. The summed E-state index contributed by atoms with van der Waals surface area (Å²) in [7, 11) is 1.55. The van der Waals surface area contributed by atoms with Crippen LogP contribution in [0.25, 0.3) is 0 Å². The maximum Gasteiger partial charge on any atom is 0.326 e. The zero-order valence-corrected chi connectivity index (χ0v) is 11.3. The molecule has 1 aliphatic carbocycles. The highest BCUT2D eigenvalue weighted by Crippen LogP contribution is 2.21. The number of hydrogen-bond acceptors (Lipinski definition) is 4. The number of nitrogens with zero attached hydrogens (tertiary/aromatic N) is 1. The Labute approximate surface area is 113 Å². The van der Waals surface area contributed by atoms with Crippen LogP contribution in [-0.2, 0) is 14.3 Å². The molecule has 0 aromatic heterocycles. The third-order valence-electron chi connectivity index (χ3n) is 4.10. The number of ether oxygens (including phenoxy) is 1. The van der Waals surface area contributed by atoms with E-state index in [1.54, 1.807) is 7.11 Å². The van der Waals surface area contributed by atoms with Crippen molar-refractivity contribution in [1.82, 2.24) is 10.2 Å². The van der Waals surface area contributed by atoms with E-state index in [4.69, 9.17) is 9.84 Å². The van der Waals surface area contributed by atoms with Crippen LogP contribution in [0.3, 0.4) is 0 Å². The SMILES string of the molecule is COC1CC(C(=O)O)N(C(=O)CNC2CCCC2)C1. The van der Waals surface area contributed by atoms with Crippen molar-refractivity contribution in [3.63, 3.8) is 0 Å². The van der Waals surface area contributed by atoms with Gasteiger partial charge in [0.1, 0.15) is 6.04 Å². The fourth-order valence-corrected chi connectivity index (χ4v) is 2.94. The topological polar surface area (TPSA) is 78.9 Å². The molecule has 2 atom stereocenters. The number of amides is 1. The predicted molar refractivity (Wildman–Crippen MR) is 68.8 cm³/mol. The third kappa shape index (κ3) is 3.45. The van der Waals surface area contributed by atoms with Crippen molar-refractivity contribution >= 4 is 11.9 Å². The highest BCUT2D eigenvalue weighted by atomic mass is 16.5. The van der Waals surface area contributed by atoms with Crippen LogP contribution in [-0.4, -0.2) is 60.3 Å². The standard InChI is InChI=1S/C13H22N2O4/c1-19-10-6-11(13(17)18)15(8-10)12(16)7-14-9-4-2-3-5-9/h9-11,14H,2-8H2,1H3,(H,17,18). The summed E-state index contributed by atoms with van der Waals surface area (Å²) in [4.78, 5) is 24.7. The number of likely N-dealkylation sites (tertiary alicyclic amines) is 1. The summed E-state index contributed by atoms with van der Waals surface area (Å²) in [6.07, 6.45) is 4.84. The van der Waals surface area contributed by atoms with Gasteiger partial charge in [-0.05, 0) is 12.8 Å². The number of hydrogen-bond donors (Lipinski definition) is 2. The van der Waals surface area contributed by atoms with Gasteiger partial charge in [0, 0.05) is 26.1 Å². The Balaban J connectivity index is 1.87. The molecule has 0 aromatic carbocycles. The summed E-state index contributed by atoms with van der Waals surface area (Å²) >= 11 is 0. The van der Waals surface area contributed by atoms with E-state index in [2.05, 4.69) is 5.32 Å². The van der Waals surface area contributed by atoms with Gasteiger partial charge in [-0.1, -0.05) is 12.8 Å². The highest BCUT2D eigenvalue weighted by Gasteiger charge is 2.39. The first-order valence-corrected chi connectivity index (χ1v) is 6.90. The van der Waals surface area contributed by atoms with Crippen molar-refractivity contribution < 1.29 is 19.4 Å². The lowest BCUT2D eigenvalue weighted by Crippen LogP contribution is -2.46. The monoisotopic (exact) mass is 270 g/mol. The molecule has 1 amide bonds. The molecule has 1 saturated heterocycles. The Kier molecular flexibility index (Phi) is 4.76. The molecule has 1 saturated carbocycles. The summed E-state index contributed by atoms with van der Waals surface area (Å²) in [5.41, 5.74) is 0. The molecule has 2 rings (SSSR count). The van der Waals surface area contributed by atoms with Crippen LogP contribution in [0.1, 0.15) is 32.1 Å². The number of carbonyl (C=O) groups excluding carboxylic acids is 1. The zero-order chi connectivity index (χ0) is 13.8. The van der Waals surface area contributed by atoms with Gasteiger partial charge in [-0.25, -0.2) is 4.79 Å². The van der Waals surface area contributed by atoms with Crippen molar-refractivity contribution in [1.29, 1.82) is 0 Å². The molecular weight excluding hydrogens is 248 g/mol. The van der Waals surface area contributed by atoms with Gasteiger partial charge in [0.2, 0.25) is 5.91 Å². The summed E-state index contributed by atoms with van der Waals surface area (Å²) in [5.74, 6) is -1.09. The molecule has 2 unspecified atom stereocenters. The minimum atomic E-state index is -0.950. The van der Waals surface area contributed by atoms with E-state index in [-0.39, 0.29) is 18.6 Å². The lowest BCUT2D eigenvalue weighted by Gasteiger charge is -2.22. The molecule has 1 heterocycles. The van der Waals surface area contributed by atoms with Gasteiger partial charge in [-0.3, -0.25) is 4.79 Å². The number of nitrogens with one attached hydrogen (secondary N) is 1. The van der Waals surface area contributed by atoms with Gasteiger partial charge >= 0.3 is 5.97 Å². The minimum absolute atomic E-state index is 0.140. The fraction of sp³-hybridized carbons (Fsp3) is 0.846. The van der Waals surface area contributed by atoms with Crippen LogP contribution in [0.4, 0.5) is 0 Å². The van der Waals surface area contributed by atoms with Crippen LogP contribution in [0.5, 0.6) is 0 Å². The second kappa shape index (κ2) is 6.34. The van der Waals surface area contributed by atoms with Gasteiger partial charge in [0.15, 0.2) is 0 Å². The molecule has 19 heavy (non-hydrogen) atoms. The molecule has 0 aromatic rings. The molecular formula is C13H22N2O4. The Morgan fingerprint density at radius 2 is 2.05 bits per heavy atom. The summed E-state index contributed by atoms with van der Waals surface area (Å²) < 4.78 is 5.17. The van der Waals surface area contributed by atoms with Crippen molar-refractivity contribution in [2.24, 2.45) is 0 Å². The van der Waals surface area contributed by atoms with E-state index in [0.29, 0.717) is 19.0 Å². The van der Waals surface area contributed by atoms with Crippen LogP contribution in [0, 0.1) is 0 Å². The molecule has 2 fully saturated rings. The number of aliphatic carboxylic acids is 1. The predicted octanol–water partition coefficient (Wildman–Crippen LogP) is 0.219. The van der Waals surface area contributed by atoms with Crippen molar-refractivity contribution in [3.8, 4) is 0 Å². The molecule has 0 bridgehead atoms. The second-order valence-corrected chi connectivity index (χ2v) is 5.36. The number of carboxylic acid groups (broad SMARTS) is 1. The van der Waals surface area contributed by atoms with Gasteiger partial charge < -0.3 is 20.1 Å². The van der Waals surface area contributed by atoms with Crippen LogP contribution in [0.2, 0.25) is 0 Å². The number of carbonyl (C=O) groups is 2. The largest absolute Gasteiger partial charge is 0.480 e. The molecule has 2 aliphatic rings. The Bertz CT molecular complexity index is 342. The normalized spacial score (nSPS) is 27.9. The molecule has 6 nitrogen and oxygen atoms in total. The molecule has 0 spiro atoms. The Hall–Kier alpha value is -1.14. The number of methoxy groups -OCH3 is 1. The van der Waals surface area contributed by atoms with Crippen molar-refractivity contribution in [2.75, 3.05) is 20.2 Å². The first kappa shape index (κ1) is 14.3. The summed E-state index contributed by atoms with van der Waals surface area (Å²) in [5, 5.41) is 12.4.